The van der Waals surface area contributed by atoms with Crippen LogP contribution < -0.4 is 11.3 Å². The lowest BCUT2D eigenvalue weighted by Gasteiger charge is -2.19. The minimum absolute atomic E-state index is 0.0760. The van der Waals surface area contributed by atoms with Crippen LogP contribution >= 0.6 is 0 Å². The molecule has 0 amide bonds. The molecule has 164 valence electrons. The highest BCUT2D eigenvalue weighted by Crippen LogP contribution is 2.41. The molecule has 0 saturated heterocycles. The largest absolute Gasteiger partial charge is 0.507 e. The van der Waals surface area contributed by atoms with E-state index < -0.39 is 51.4 Å². The topological polar surface area (TPSA) is 114 Å². The zero-order valence-electron chi connectivity index (χ0n) is 16.6. The predicted octanol–water partition coefficient (Wildman–Crippen LogP) is 4.16. The monoisotopic (exact) mass is 449 g/mol. The smallest absolute Gasteiger partial charge is 0.344 e. The Labute approximate surface area is 182 Å². The lowest BCUT2D eigenvalue weighted by molar-refractivity contribution is 0.441. The maximum absolute atomic E-state index is 13.9. The van der Waals surface area contributed by atoms with Crippen LogP contribution in [0.3, 0.4) is 0 Å². The van der Waals surface area contributed by atoms with E-state index in [1.54, 1.807) is 0 Å². The summed E-state index contributed by atoms with van der Waals surface area (Å²) in [7, 11) is 0. The summed E-state index contributed by atoms with van der Waals surface area (Å²) in [5.74, 6) is -4.06. The third-order valence-electron chi connectivity index (χ3n) is 5.37. The Bertz CT molecular complexity index is 1550. The SMILES string of the molecule is O=c1oc2ccc(F)cc2c(O)c1C(c1ccncc1)c1c(O)c2cc(F)ccc2oc1=O. The fourth-order valence-corrected chi connectivity index (χ4v) is 3.89. The van der Waals surface area contributed by atoms with Crippen LogP contribution in [0.1, 0.15) is 22.6 Å². The minimum Gasteiger partial charge on any atom is -0.507 e. The van der Waals surface area contributed by atoms with E-state index in [4.69, 9.17) is 8.83 Å². The summed E-state index contributed by atoms with van der Waals surface area (Å²) in [6.07, 6.45) is 2.75. The van der Waals surface area contributed by atoms with E-state index >= 15 is 0 Å². The van der Waals surface area contributed by atoms with Gasteiger partial charge < -0.3 is 19.0 Å². The molecule has 9 heteroatoms. The first-order valence-corrected chi connectivity index (χ1v) is 9.65. The van der Waals surface area contributed by atoms with E-state index in [2.05, 4.69) is 4.98 Å². The van der Waals surface area contributed by atoms with Crippen molar-refractivity contribution in [1.29, 1.82) is 0 Å². The molecular weight excluding hydrogens is 436 g/mol. The highest BCUT2D eigenvalue weighted by molar-refractivity contribution is 5.87. The molecule has 5 rings (SSSR count). The van der Waals surface area contributed by atoms with Crippen molar-refractivity contribution in [2.45, 2.75) is 5.92 Å². The average Bonchev–Trinajstić information content (AvgIpc) is 2.80. The lowest BCUT2D eigenvalue weighted by Crippen LogP contribution is -2.21. The van der Waals surface area contributed by atoms with E-state index in [0.717, 1.165) is 24.3 Å². The van der Waals surface area contributed by atoms with Crippen LogP contribution in [0.25, 0.3) is 21.9 Å². The van der Waals surface area contributed by atoms with Crippen molar-refractivity contribution in [2.24, 2.45) is 0 Å². The quantitative estimate of drug-likeness (QED) is 0.398. The molecule has 7 nitrogen and oxygen atoms in total. The van der Waals surface area contributed by atoms with E-state index in [1.165, 1.54) is 36.7 Å². The highest BCUT2D eigenvalue weighted by atomic mass is 19.1. The maximum Gasteiger partial charge on any atom is 0.344 e. The van der Waals surface area contributed by atoms with Gasteiger partial charge in [0.15, 0.2) is 0 Å². The lowest BCUT2D eigenvalue weighted by atomic mass is 9.85. The second kappa shape index (κ2) is 7.56. The van der Waals surface area contributed by atoms with Crippen molar-refractivity contribution in [3.05, 3.63) is 110 Å². The third-order valence-corrected chi connectivity index (χ3v) is 5.37. The Morgan fingerprint density at radius 3 is 1.64 bits per heavy atom. The Balaban J connectivity index is 1.91. The van der Waals surface area contributed by atoms with Crippen LogP contribution in [-0.4, -0.2) is 15.2 Å². The van der Waals surface area contributed by atoms with Gasteiger partial charge in [-0.05, 0) is 54.1 Å². The molecule has 0 spiro atoms. The molecule has 0 unspecified atom stereocenters. The molecule has 33 heavy (non-hydrogen) atoms. The number of hydrogen-bond donors (Lipinski definition) is 2. The van der Waals surface area contributed by atoms with Crippen molar-refractivity contribution in [2.75, 3.05) is 0 Å². The molecule has 2 N–H and O–H groups in total. The van der Waals surface area contributed by atoms with Gasteiger partial charge in [-0.3, -0.25) is 4.98 Å². The molecule has 3 heterocycles. The number of aromatic hydroxyl groups is 2. The summed E-state index contributed by atoms with van der Waals surface area (Å²) < 4.78 is 38.2. The molecule has 0 aliphatic carbocycles. The molecule has 5 aromatic rings. The standard InChI is InChI=1S/C24H13F2NO6/c25-12-1-3-16-14(9-12)21(28)19(23(30)32-16)18(11-5-7-27-8-6-11)20-22(29)15-10-13(26)2-4-17(15)33-24(20)31/h1-10,18,28-29H. The van der Waals surface area contributed by atoms with Crippen molar-refractivity contribution in [3.8, 4) is 11.5 Å². The van der Waals surface area contributed by atoms with Gasteiger partial charge in [0.05, 0.1) is 27.8 Å². The fraction of sp³-hybridized carbons (Fsp3) is 0.0417. The van der Waals surface area contributed by atoms with Gasteiger partial charge in [0.25, 0.3) is 0 Å². The zero-order valence-corrected chi connectivity index (χ0v) is 16.6. The molecule has 0 fully saturated rings. The highest BCUT2D eigenvalue weighted by Gasteiger charge is 2.32. The van der Waals surface area contributed by atoms with E-state index in [1.807, 2.05) is 0 Å². The van der Waals surface area contributed by atoms with Crippen LogP contribution in [0.15, 0.2) is 79.3 Å². The van der Waals surface area contributed by atoms with Crippen LogP contribution in [0.4, 0.5) is 8.78 Å². The van der Waals surface area contributed by atoms with Gasteiger partial charge in [-0.2, -0.15) is 0 Å². The van der Waals surface area contributed by atoms with Crippen LogP contribution in [-0.2, 0) is 0 Å². The average molecular weight is 449 g/mol. The van der Waals surface area contributed by atoms with Gasteiger partial charge in [-0.25, -0.2) is 18.4 Å². The first kappa shape index (κ1) is 20.4. The fourth-order valence-electron chi connectivity index (χ4n) is 3.89. The first-order valence-electron chi connectivity index (χ1n) is 9.65. The second-order valence-corrected chi connectivity index (χ2v) is 7.30. The molecule has 0 aliphatic rings. The molecule has 0 atom stereocenters. The van der Waals surface area contributed by atoms with Crippen LogP contribution in [0, 0.1) is 11.6 Å². The van der Waals surface area contributed by atoms with Crippen molar-refractivity contribution >= 4 is 21.9 Å². The van der Waals surface area contributed by atoms with Crippen LogP contribution in [0.5, 0.6) is 11.5 Å². The van der Waals surface area contributed by atoms with Crippen molar-refractivity contribution in [3.63, 3.8) is 0 Å². The number of rotatable bonds is 3. The number of fused-ring (bicyclic) bond motifs is 2. The van der Waals surface area contributed by atoms with Gasteiger partial charge in [0.2, 0.25) is 0 Å². The van der Waals surface area contributed by atoms with Gasteiger partial charge >= 0.3 is 11.3 Å². The molecule has 0 bridgehead atoms. The minimum atomic E-state index is -1.40. The van der Waals surface area contributed by atoms with Crippen LogP contribution in [0.2, 0.25) is 0 Å². The van der Waals surface area contributed by atoms with Gasteiger partial charge in [-0.15, -0.1) is 0 Å². The summed E-state index contributed by atoms with van der Waals surface area (Å²) in [5, 5.41) is 21.7. The first-order chi connectivity index (χ1) is 15.8. The van der Waals surface area contributed by atoms with Gasteiger partial charge in [-0.1, -0.05) is 0 Å². The summed E-state index contributed by atoms with van der Waals surface area (Å²) >= 11 is 0. The predicted molar refractivity (Wildman–Crippen MR) is 113 cm³/mol. The number of benzene rings is 2. The Morgan fingerprint density at radius 2 is 1.18 bits per heavy atom. The third kappa shape index (κ3) is 3.30. The van der Waals surface area contributed by atoms with E-state index in [9.17, 15) is 28.6 Å². The number of pyridine rings is 1. The molecule has 0 saturated carbocycles. The number of nitrogens with zero attached hydrogens (tertiary/aromatic N) is 1. The normalized spacial score (nSPS) is 11.5. The Kier molecular flexibility index (Phi) is 4.67. The van der Waals surface area contributed by atoms with E-state index in [0.29, 0.717) is 0 Å². The molecule has 2 aromatic carbocycles. The molecular formula is C24H13F2NO6. The van der Waals surface area contributed by atoms with Gasteiger partial charge in [0.1, 0.15) is 34.3 Å². The molecule has 0 aliphatic heterocycles. The second-order valence-electron chi connectivity index (χ2n) is 7.30. The molecule has 3 aromatic heterocycles. The molecule has 0 radical (unpaired) electrons. The Morgan fingerprint density at radius 1 is 0.727 bits per heavy atom. The number of halogens is 2. The number of aromatic nitrogens is 1. The maximum atomic E-state index is 13.9. The summed E-state index contributed by atoms with van der Waals surface area (Å²) in [6, 6.07) is 9.33. The number of hydrogen-bond acceptors (Lipinski definition) is 7. The van der Waals surface area contributed by atoms with E-state index in [-0.39, 0.29) is 27.5 Å². The zero-order chi connectivity index (χ0) is 23.3. The van der Waals surface area contributed by atoms with Gasteiger partial charge in [0, 0.05) is 12.4 Å². The summed E-state index contributed by atoms with van der Waals surface area (Å²) in [4.78, 5) is 29.8. The Hall–Kier alpha value is -4.53. The summed E-state index contributed by atoms with van der Waals surface area (Å²) in [5.41, 5.74) is -2.80. The summed E-state index contributed by atoms with van der Waals surface area (Å²) in [6.45, 7) is 0. The van der Waals surface area contributed by atoms with Crippen molar-refractivity contribution in [1.82, 2.24) is 4.98 Å². The van der Waals surface area contributed by atoms with Crippen molar-refractivity contribution < 1.29 is 27.8 Å².